The molecule has 2 N–H and O–H groups in total. The molecule has 2 aromatic rings. The summed E-state index contributed by atoms with van der Waals surface area (Å²) in [5, 5.41) is 0.0796. The van der Waals surface area contributed by atoms with Gasteiger partial charge in [0.15, 0.2) is 0 Å². The number of anilines is 1. The van der Waals surface area contributed by atoms with Crippen molar-refractivity contribution in [3.8, 4) is 0 Å². The van der Waals surface area contributed by atoms with Gasteiger partial charge in [-0.1, -0.05) is 24.6 Å². The van der Waals surface area contributed by atoms with Crippen molar-refractivity contribution in [2.45, 2.75) is 32.1 Å². The van der Waals surface area contributed by atoms with Gasteiger partial charge >= 0.3 is 0 Å². The molecule has 0 radical (unpaired) electrons. The molecule has 1 aromatic heterocycles. The number of halogens is 4. The Bertz CT molecular complexity index is 940. The van der Waals surface area contributed by atoms with Crippen molar-refractivity contribution in [3.05, 3.63) is 52.2 Å². The molecule has 1 fully saturated rings. The van der Waals surface area contributed by atoms with E-state index >= 15 is 0 Å². The van der Waals surface area contributed by atoms with E-state index in [1.54, 1.807) is 12.4 Å². The fourth-order valence-corrected chi connectivity index (χ4v) is 4.61. The normalized spacial score (nSPS) is 18.4. The highest BCUT2D eigenvalue weighted by molar-refractivity contribution is 6.30. The first-order chi connectivity index (χ1) is 14.5. The molecule has 1 aliphatic carbocycles. The van der Waals surface area contributed by atoms with Gasteiger partial charge in [0.2, 0.25) is 5.91 Å². The standard InChI is InChI=1S/C22H27ClFN5O.2ClH/c1-14-2-5-19-20(14)21(27-13-26-19)28-6-8-29(9-7-28)22(30)16(12-25)10-15-3-4-17(23)18(24)11-15;;/h3-4,11,13-14,16H,2,5-10,12,25H2,1H3;2*1H/t14-,16-;;/m1../s1. The van der Waals surface area contributed by atoms with Crippen LogP contribution in [-0.2, 0) is 17.6 Å². The SMILES string of the molecule is C[C@@H]1CCc2ncnc(N3CCN(C(=O)[C@@H](CN)Cc4ccc(Cl)c(F)c4)CC3)c21.Cl.Cl. The second-order valence-electron chi connectivity index (χ2n) is 8.19. The predicted molar refractivity (Wildman–Crippen MR) is 130 cm³/mol. The van der Waals surface area contributed by atoms with E-state index in [-0.39, 0.29) is 48.2 Å². The van der Waals surface area contributed by atoms with E-state index in [2.05, 4.69) is 21.8 Å². The molecule has 0 saturated carbocycles. The maximum absolute atomic E-state index is 13.7. The molecule has 0 spiro atoms. The lowest BCUT2D eigenvalue weighted by Crippen LogP contribution is -2.52. The zero-order valence-corrected chi connectivity index (χ0v) is 20.4. The summed E-state index contributed by atoms with van der Waals surface area (Å²) in [6.45, 7) is 5.16. The van der Waals surface area contributed by atoms with E-state index in [0.717, 1.165) is 43.0 Å². The Balaban J connectivity index is 0.00000181. The fourth-order valence-electron chi connectivity index (χ4n) is 4.49. The molecule has 1 aliphatic heterocycles. The summed E-state index contributed by atoms with van der Waals surface area (Å²) in [5.74, 6) is 0.660. The van der Waals surface area contributed by atoms with E-state index < -0.39 is 5.82 Å². The zero-order chi connectivity index (χ0) is 21.3. The number of carbonyl (C=O) groups is 1. The van der Waals surface area contributed by atoms with E-state index in [1.165, 1.54) is 17.7 Å². The summed E-state index contributed by atoms with van der Waals surface area (Å²) in [5.41, 5.74) is 9.05. The first-order valence-electron chi connectivity index (χ1n) is 10.5. The second kappa shape index (κ2) is 11.5. The molecule has 1 amide bonds. The van der Waals surface area contributed by atoms with Crippen LogP contribution in [0.2, 0.25) is 5.02 Å². The highest BCUT2D eigenvalue weighted by Crippen LogP contribution is 2.37. The van der Waals surface area contributed by atoms with Gasteiger partial charge < -0.3 is 15.5 Å². The molecule has 0 bridgehead atoms. The number of fused-ring (bicyclic) bond motifs is 1. The van der Waals surface area contributed by atoms with Gasteiger partial charge in [0.25, 0.3) is 0 Å². The molecule has 2 atom stereocenters. The van der Waals surface area contributed by atoms with Crippen LogP contribution >= 0.6 is 36.4 Å². The Morgan fingerprint density at radius 3 is 2.62 bits per heavy atom. The fraction of sp³-hybridized carbons (Fsp3) is 0.500. The minimum absolute atomic E-state index is 0. The van der Waals surface area contributed by atoms with Crippen LogP contribution in [-0.4, -0.2) is 53.5 Å². The number of rotatable bonds is 5. The van der Waals surface area contributed by atoms with Crippen LogP contribution in [0, 0.1) is 11.7 Å². The van der Waals surface area contributed by atoms with Crippen LogP contribution < -0.4 is 10.6 Å². The Labute approximate surface area is 205 Å². The lowest BCUT2D eigenvalue weighted by molar-refractivity contribution is -0.135. The van der Waals surface area contributed by atoms with Crippen molar-refractivity contribution < 1.29 is 9.18 Å². The smallest absolute Gasteiger partial charge is 0.227 e. The molecule has 10 heteroatoms. The Hall–Kier alpha value is -1.67. The van der Waals surface area contributed by atoms with Gasteiger partial charge in [-0.2, -0.15) is 0 Å². The van der Waals surface area contributed by atoms with Crippen LogP contribution in [0.25, 0.3) is 0 Å². The van der Waals surface area contributed by atoms with Gasteiger partial charge in [0.1, 0.15) is 18.0 Å². The summed E-state index contributed by atoms with van der Waals surface area (Å²) < 4.78 is 13.7. The van der Waals surface area contributed by atoms with Gasteiger partial charge in [0.05, 0.1) is 10.9 Å². The average Bonchev–Trinajstić information content (AvgIpc) is 3.15. The molecule has 0 unspecified atom stereocenters. The molecule has 1 aromatic carbocycles. The van der Waals surface area contributed by atoms with Gasteiger partial charge in [-0.25, -0.2) is 14.4 Å². The topological polar surface area (TPSA) is 75.4 Å². The Morgan fingerprint density at radius 2 is 1.97 bits per heavy atom. The van der Waals surface area contributed by atoms with Crippen molar-refractivity contribution in [2.24, 2.45) is 11.7 Å². The maximum atomic E-state index is 13.7. The summed E-state index contributed by atoms with van der Waals surface area (Å²) in [6, 6.07) is 4.65. The van der Waals surface area contributed by atoms with Crippen LogP contribution in [0.1, 0.15) is 36.1 Å². The number of piperazine rings is 1. The summed E-state index contributed by atoms with van der Waals surface area (Å²) in [4.78, 5) is 26.2. The Kier molecular flexibility index (Phi) is 9.52. The number of benzene rings is 1. The largest absolute Gasteiger partial charge is 0.353 e. The molecule has 1 saturated heterocycles. The quantitative estimate of drug-likeness (QED) is 0.673. The molecule has 2 heterocycles. The van der Waals surface area contributed by atoms with Crippen LogP contribution in [0.4, 0.5) is 10.2 Å². The van der Waals surface area contributed by atoms with Gasteiger partial charge in [-0.3, -0.25) is 4.79 Å². The molecular formula is C22H29Cl3FN5O. The van der Waals surface area contributed by atoms with Gasteiger partial charge in [0, 0.05) is 44.0 Å². The van der Waals surface area contributed by atoms with E-state index in [9.17, 15) is 9.18 Å². The second-order valence-corrected chi connectivity index (χ2v) is 8.60. The summed E-state index contributed by atoms with van der Waals surface area (Å²) in [6.07, 6.45) is 4.18. The third-order valence-electron chi connectivity index (χ3n) is 6.24. The molecule has 2 aliphatic rings. The third kappa shape index (κ3) is 5.45. The van der Waals surface area contributed by atoms with Crippen LogP contribution in [0.5, 0.6) is 0 Å². The predicted octanol–water partition coefficient (Wildman–Crippen LogP) is 3.63. The monoisotopic (exact) mass is 503 g/mol. The number of hydrogen-bond acceptors (Lipinski definition) is 5. The number of aromatic nitrogens is 2. The summed E-state index contributed by atoms with van der Waals surface area (Å²) in [7, 11) is 0. The highest BCUT2D eigenvalue weighted by Gasteiger charge is 2.31. The lowest BCUT2D eigenvalue weighted by atomic mass is 9.97. The van der Waals surface area contributed by atoms with Gasteiger partial charge in [-0.15, -0.1) is 24.8 Å². The van der Waals surface area contributed by atoms with Crippen LogP contribution in [0.3, 0.4) is 0 Å². The number of nitrogens with two attached hydrogens (primary N) is 1. The maximum Gasteiger partial charge on any atom is 0.227 e. The third-order valence-corrected chi connectivity index (χ3v) is 6.55. The minimum Gasteiger partial charge on any atom is -0.353 e. The number of hydrogen-bond donors (Lipinski definition) is 1. The average molecular weight is 505 g/mol. The van der Waals surface area contributed by atoms with Crippen molar-refractivity contribution in [2.75, 3.05) is 37.6 Å². The highest BCUT2D eigenvalue weighted by atomic mass is 35.5. The lowest BCUT2D eigenvalue weighted by Gasteiger charge is -2.37. The first kappa shape index (κ1) is 26.6. The first-order valence-corrected chi connectivity index (χ1v) is 10.9. The number of amides is 1. The van der Waals surface area contributed by atoms with Gasteiger partial charge in [-0.05, 0) is 42.9 Å². The van der Waals surface area contributed by atoms with E-state index in [0.29, 0.717) is 25.4 Å². The minimum atomic E-state index is -0.474. The molecule has 176 valence electrons. The number of aryl methyl sites for hydroxylation is 1. The molecular weight excluding hydrogens is 476 g/mol. The Morgan fingerprint density at radius 1 is 1.25 bits per heavy atom. The zero-order valence-electron chi connectivity index (χ0n) is 18.0. The van der Waals surface area contributed by atoms with Crippen LogP contribution in [0.15, 0.2) is 24.5 Å². The van der Waals surface area contributed by atoms with E-state index in [1.807, 2.05) is 4.90 Å². The van der Waals surface area contributed by atoms with Crippen molar-refractivity contribution in [1.29, 1.82) is 0 Å². The number of nitrogens with zero attached hydrogens (tertiary/aromatic N) is 4. The van der Waals surface area contributed by atoms with Crippen molar-refractivity contribution in [3.63, 3.8) is 0 Å². The molecule has 4 rings (SSSR count). The molecule has 32 heavy (non-hydrogen) atoms. The van der Waals surface area contributed by atoms with Crippen molar-refractivity contribution >= 4 is 48.1 Å². The van der Waals surface area contributed by atoms with Crippen molar-refractivity contribution in [1.82, 2.24) is 14.9 Å². The number of carbonyl (C=O) groups excluding carboxylic acids is 1. The van der Waals surface area contributed by atoms with E-state index in [4.69, 9.17) is 17.3 Å². The molecule has 6 nitrogen and oxygen atoms in total. The summed E-state index contributed by atoms with van der Waals surface area (Å²) >= 11 is 5.76.